The van der Waals surface area contributed by atoms with Gasteiger partial charge in [-0.15, -0.1) is 0 Å². The molecule has 1 aliphatic heterocycles. The number of nitrogens with one attached hydrogen (secondary N) is 1. The number of hydrogen-bond donors (Lipinski definition) is 2. The number of fused-ring (bicyclic) bond motifs is 2. The number of carbonyl (C=O) groups is 2. The van der Waals surface area contributed by atoms with Crippen LogP contribution in [0.15, 0.2) is 34.0 Å². The summed E-state index contributed by atoms with van der Waals surface area (Å²) in [6, 6.07) is 3.28. The molecule has 1 heterocycles. The summed E-state index contributed by atoms with van der Waals surface area (Å²) in [5.41, 5.74) is 1.14. The number of phenols is 1. The third-order valence-electron chi connectivity index (χ3n) is 5.80. The summed E-state index contributed by atoms with van der Waals surface area (Å²) in [7, 11) is 0. The summed E-state index contributed by atoms with van der Waals surface area (Å²) in [6.07, 6.45) is 1.09. The van der Waals surface area contributed by atoms with E-state index in [4.69, 9.17) is 55.6 Å². The average molecular weight is 959 g/mol. The van der Waals surface area contributed by atoms with Crippen molar-refractivity contribution in [3.8, 4) is 28.2 Å². The van der Waals surface area contributed by atoms with Crippen molar-refractivity contribution in [1.29, 1.82) is 0 Å². The maximum atomic E-state index is 13.5. The van der Waals surface area contributed by atoms with Crippen molar-refractivity contribution in [2.75, 3.05) is 13.2 Å². The summed E-state index contributed by atoms with van der Waals surface area (Å²) >= 11 is 32.1. The molecule has 2 aromatic carbocycles. The molecule has 2 aromatic rings. The van der Waals surface area contributed by atoms with Crippen LogP contribution in [-0.2, 0) is 9.53 Å². The van der Waals surface area contributed by atoms with E-state index < -0.39 is 11.9 Å². The molecule has 0 saturated carbocycles. The second kappa shape index (κ2) is 12.7. The van der Waals surface area contributed by atoms with Crippen LogP contribution < -0.4 is 10.7 Å². The fourth-order valence-electron chi connectivity index (χ4n) is 3.94. The molecule has 40 heavy (non-hydrogen) atoms. The van der Waals surface area contributed by atoms with Gasteiger partial charge in [0.1, 0.15) is 15.9 Å². The van der Waals surface area contributed by atoms with Gasteiger partial charge in [-0.25, -0.2) is 4.79 Å². The second-order valence-electron chi connectivity index (χ2n) is 8.22. The minimum atomic E-state index is -0.884. The standard InChI is InChI=1S/C26H14Cl4I3NO6/c1-3-12(35)34-4-5-39-26(38)15-14(16(27)18(29)19(30)17(15)28)13-9-6-8(2)22(36)20(32)24(9)40-25-10(13)7-11(31)23(37)21(25)33/h3,6-7,37H,1,4-5H2,2H3,(H,34,35). The number of aryl methyl sites for hydroxylation is 1. The van der Waals surface area contributed by atoms with Gasteiger partial charge in [0, 0.05) is 22.1 Å². The summed E-state index contributed by atoms with van der Waals surface area (Å²) in [4.78, 5) is 37.9. The Balaban J connectivity index is 2.13. The van der Waals surface area contributed by atoms with E-state index in [0.717, 1.165) is 6.08 Å². The number of hydrogen-bond acceptors (Lipinski definition) is 6. The lowest BCUT2D eigenvalue weighted by Gasteiger charge is -2.22. The van der Waals surface area contributed by atoms with E-state index in [9.17, 15) is 19.5 Å². The van der Waals surface area contributed by atoms with E-state index in [1.165, 1.54) is 0 Å². The second-order valence-corrected chi connectivity index (χ2v) is 13.1. The summed E-state index contributed by atoms with van der Waals surface area (Å²) in [6.45, 7) is 4.83. The first-order valence-corrected chi connectivity index (χ1v) is 15.8. The third kappa shape index (κ3) is 5.65. The van der Waals surface area contributed by atoms with Crippen molar-refractivity contribution in [3.05, 3.63) is 76.9 Å². The normalized spacial score (nSPS) is 11.2. The van der Waals surface area contributed by atoms with E-state index in [1.54, 1.807) is 19.1 Å². The highest BCUT2D eigenvalue weighted by Crippen LogP contribution is 2.52. The van der Waals surface area contributed by atoms with Crippen LogP contribution >= 0.6 is 114 Å². The van der Waals surface area contributed by atoms with Crippen LogP contribution in [0.4, 0.5) is 0 Å². The molecule has 1 aliphatic carbocycles. The molecule has 0 radical (unpaired) electrons. The van der Waals surface area contributed by atoms with Crippen LogP contribution in [0.25, 0.3) is 33.4 Å². The number of esters is 1. The van der Waals surface area contributed by atoms with Crippen molar-refractivity contribution in [2.45, 2.75) is 6.92 Å². The van der Waals surface area contributed by atoms with Gasteiger partial charge in [-0.3, -0.25) is 9.59 Å². The molecule has 0 aromatic heterocycles. The quantitative estimate of drug-likeness (QED) is 0.0383. The van der Waals surface area contributed by atoms with Gasteiger partial charge in [-0.2, -0.15) is 0 Å². The van der Waals surface area contributed by atoms with E-state index >= 15 is 0 Å². The number of halogens is 7. The van der Waals surface area contributed by atoms with Gasteiger partial charge in [-0.05, 0) is 98.5 Å². The minimum Gasteiger partial charge on any atom is -0.506 e. The Morgan fingerprint density at radius 3 is 2.35 bits per heavy atom. The molecular weight excluding hydrogens is 945 g/mol. The molecule has 4 rings (SSSR count). The van der Waals surface area contributed by atoms with Gasteiger partial charge in [0.2, 0.25) is 5.91 Å². The molecule has 0 saturated heterocycles. The smallest absolute Gasteiger partial charge is 0.340 e. The molecule has 0 unspecified atom stereocenters. The summed E-state index contributed by atoms with van der Waals surface area (Å²) in [5.74, 6) is -1.13. The molecule has 208 valence electrons. The van der Waals surface area contributed by atoms with Crippen LogP contribution in [0.3, 0.4) is 0 Å². The Labute approximate surface area is 288 Å². The van der Waals surface area contributed by atoms with Crippen LogP contribution in [0, 0.1) is 17.6 Å². The van der Waals surface area contributed by atoms with Gasteiger partial charge in [0.05, 0.1) is 39.3 Å². The Kier molecular flexibility index (Phi) is 10.1. The van der Waals surface area contributed by atoms with Crippen LogP contribution in [-0.4, -0.2) is 30.1 Å². The molecule has 7 nitrogen and oxygen atoms in total. The molecule has 0 spiro atoms. The highest BCUT2D eigenvalue weighted by Gasteiger charge is 2.33. The maximum Gasteiger partial charge on any atom is 0.340 e. The van der Waals surface area contributed by atoms with Crippen LogP contribution in [0.5, 0.6) is 5.75 Å². The topological polar surface area (TPSA) is 106 Å². The predicted molar refractivity (Wildman–Crippen MR) is 183 cm³/mol. The minimum absolute atomic E-state index is 0.00795. The molecule has 1 amide bonds. The van der Waals surface area contributed by atoms with Crippen LogP contribution in [0.2, 0.25) is 20.1 Å². The Hall–Kier alpha value is -1.04. The Morgan fingerprint density at radius 2 is 1.70 bits per heavy atom. The zero-order valence-electron chi connectivity index (χ0n) is 20.0. The Bertz CT molecular complexity index is 1790. The number of benzene rings is 3. The molecule has 2 N–H and O–H groups in total. The molecular formula is C26H14Cl4I3NO6. The number of phenolic OH excluding ortho intramolecular Hbond substituents is 1. The lowest BCUT2D eigenvalue weighted by molar-refractivity contribution is -0.116. The van der Waals surface area contributed by atoms with Crippen molar-refractivity contribution < 1.29 is 23.8 Å². The van der Waals surface area contributed by atoms with Crippen molar-refractivity contribution >= 4 is 137 Å². The maximum absolute atomic E-state index is 13.5. The molecule has 14 heteroatoms. The zero-order chi connectivity index (χ0) is 29.6. The van der Waals surface area contributed by atoms with Gasteiger partial charge in [0.25, 0.3) is 0 Å². The molecule has 0 bridgehead atoms. The van der Waals surface area contributed by atoms with E-state index in [1.807, 2.05) is 67.8 Å². The fourth-order valence-corrected chi connectivity index (χ4v) is 7.58. The lowest BCUT2D eigenvalue weighted by Crippen LogP contribution is -2.26. The van der Waals surface area contributed by atoms with Gasteiger partial charge >= 0.3 is 5.97 Å². The van der Waals surface area contributed by atoms with E-state index in [0.29, 0.717) is 29.2 Å². The summed E-state index contributed by atoms with van der Waals surface area (Å²) < 4.78 is 12.8. The largest absolute Gasteiger partial charge is 0.506 e. The average Bonchev–Trinajstić information content (AvgIpc) is 2.93. The molecule has 2 aliphatic rings. The first kappa shape index (κ1) is 31.9. The number of amides is 1. The highest BCUT2D eigenvalue weighted by atomic mass is 127. The number of ether oxygens (including phenoxy) is 1. The zero-order valence-corrected chi connectivity index (χ0v) is 29.5. The van der Waals surface area contributed by atoms with Gasteiger partial charge in [0.15, 0.2) is 16.8 Å². The van der Waals surface area contributed by atoms with E-state index in [2.05, 4.69) is 11.9 Å². The first-order chi connectivity index (χ1) is 18.8. The lowest BCUT2D eigenvalue weighted by atomic mass is 9.89. The number of carbonyl (C=O) groups excluding carboxylic acids is 2. The van der Waals surface area contributed by atoms with Crippen LogP contribution in [0.1, 0.15) is 15.9 Å². The van der Waals surface area contributed by atoms with Gasteiger partial charge in [-0.1, -0.05) is 53.0 Å². The third-order valence-corrected chi connectivity index (χ3v) is 10.4. The van der Waals surface area contributed by atoms with Crippen molar-refractivity contribution in [3.63, 3.8) is 0 Å². The predicted octanol–water partition coefficient (Wildman–Crippen LogP) is 8.47. The highest BCUT2D eigenvalue weighted by molar-refractivity contribution is 14.1. The number of aromatic hydroxyl groups is 1. The first-order valence-electron chi connectivity index (χ1n) is 11.0. The molecule has 0 atom stereocenters. The fraction of sp³-hybridized carbons (Fsp3) is 0.115. The number of rotatable bonds is 6. The SMILES string of the molecule is C=CC(=O)NCCOC(=O)c1c(Cl)c(Cl)c(Cl)c(Cl)c1-c1c2cc(C)c(=O)c(I)c-2oc2c(I)c(O)c(I)cc12. The Morgan fingerprint density at radius 1 is 1.05 bits per heavy atom. The molecule has 0 fully saturated rings. The van der Waals surface area contributed by atoms with Crippen molar-refractivity contribution in [2.24, 2.45) is 0 Å². The van der Waals surface area contributed by atoms with Crippen molar-refractivity contribution in [1.82, 2.24) is 5.32 Å². The van der Waals surface area contributed by atoms with E-state index in [-0.39, 0.29) is 70.5 Å². The van der Waals surface area contributed by atoms with Gasteiger partial charge < -0.3 is 19.6 Å². The monoisotopic (exact) mass is 957 g/mol. The summed E-state index contributed by atoms with van der Waals surface area (Å²) in [5, 5.41) is 13.1.